The molecule has 4 N–H and O–H groups in total. The Labute approximate surface area is 86.0 Å². The number of halogens is 1. The van der Waals surface area contributed by atoms with Crippen LogP contribution in [-0.2, 0) is 0 Å². The van der Waals surface area contributed by atoms with Gasteiger partial charge in [0, 0.05) is 10.6 Å². The lowest BCUT2D eigenvalue weighted by atomic mass is 10.0. The van der Waals surface area contributed by atoms with E-state index >= 15 is 0 Å². The molecule has 0 fully saturated rings. The fraction of sp³-hybridized carbons (Fsp3) is 0.333. The summed E-state index contributed by atoms with van der Waals surface area (Å²) in [5, 5.41) is 36.9. The Hall–Kier alpha value is -0.810. The minimum Gasteiger partial charge on any atom is -0.508 e. The number of aliphatic hydroxyl groups is 3. The first-order chi connectivity index (χ1) is 6.56. The molecule has 0 spiro atoms. The zero-order valence-corrected chi connectivity index (χ0v) is 8.02. The lowest BCUT2D eigenvalue weighted by Gasteiger charge is -2.17. The van der Waals surface area contributed by atoms with Crippen LogP contribution in [-0.4, -0.2) is 33.1 Å². The molecule has 0 bridgehead atoms. The fourth-order valence-electron chi connectivity index (χ4n) is 1.07. The molecule has 0 saturated carbocycles. The summed E-state index contributed by atoms with van der Waals surface area (Å²) in [6.07, 6.45) is -2.68. The minimum atomic E-state index is -1.35. The summed E-state index contributed by atoms with van der Waals surface area (Å²) >= 11 is 5.64. The molecule has 4 nitrogen and oxygen atoms in total. The zero-order chi connectivity index (χ0) is 10.7. The number of hydrogen-bond donors (Lipinski definition) is 4. The van der Waals surface area contributed by atoms with E-state index in [0.717, 1.165) is 0 Å². The molecule has 2 atom stereocenters. The van der Waals surface area contributed by atoms with E-state index in [1.54, 1.807) is 0 Å². The van der Waals surface area contributed by atoms with E-state index in [4.69, 9.17) is 21.8 Å². The van der Waals surface area contributed by atoms with Crippen molar-refractivity contribution < 1.29 is 20.4 Å². The highest BCUT2D eigenvalue weighted by atomic mass is 35.5. The maximum atomic E-state index is 9.47. The van der Waals surface area contributed by atoms with Crippen LogP contribution in [0, 0.1) is 0 Å². The third-order valence-electron chi connectivity index (χ3n) is 1.86. The first kappa shape index (κ1) is 11.3. The van der Waals surface area contributed by atoms with Crippen LogP contribution in [0.15, 0.2) is 18.2 Å². The molecule has 0 aliphatic carbocycles. The molecule has 0 amide bonds. The third-order valence-corrected chi connectivity index (χ3v) is 2.09. The van der Waals surface area contributed by atoms with Gasteiger partial charge in [0.25, 0.3) is 0 Å². The Bertz CT molecular complexity index is 316. The van der Waals surface area contributed by atoms with Crippen molar-refractivity contribution in [1.82, 2.24) is 0 Å². The molecule has 0 aromatic heterocycles. The van der Waals surface area contributed by atoms with E-state index < -0.39 is 18.8 Å². The quantitative estimate of drug-likeness (QED) is 0.593. The molecular formula is C9H11ClO4. The normalized spacial score (nSPS) is 15.1. The van der Waals surface area contributed by atoms with E-state index in [2.05, 4.69) is 0 Å². The van der Waals surface area contributed by atoms with Gasteiger partial charge in [-0.1, -0.05) is 11.6 Å². The van der Waals surface area contributed by atoms with E-state index in [1.807, 2.05) is 0 Å². The van der Waals surface area contributed by atoms with Gasteiger partial charge in [-0.15, -0.1) is 0 Å². The van der Waals surface area contributed by atoms with Crippen LogP contribution in [0.5, 0.6) is 5.75 Å². The van der Waals surface area contributed by atoms with Crippen molar-refractivity contribution >= 4 is 11.6 Å². The van der Waals surface area contributed by atoms with Crippen LogP contribution in [0.25, 0.3) is 0 Å². The summed E-state index contributed by atoms with van der Waals surface area (Å²) in [7, 11) is 0. The van der Waals surface area contributed by atoms with Crippen LogP contribution in [0.4, 0.5) is 0 Å². The monoisotopic (exact) mass is 218 g/mol. The Kier molecular flexibility index (Phi) is 3.71. The third kappa shape index (κ3) is 2.36. The van der Waals surface area contributed by atoms with Gasteiger partial charge in [0.2, 0.25) is 0 Å². The molecule has 0 aliphatic rings. The standard InChI is InChI=1S/C9H11ClO4/c10-5-1-2-7(12)6(3-5)9(14)8(13)4-11/h1-3,8-9,11-14H,4H2. The molecular weight excluding hydrogens is 208 g/mol. The molecule has 0 heterocycles. The molecule has 0 saturated heterocycles. The van der Waals surface area contributed by atoms with Gasteiger partial charge in [0.05, 0.1) is 6.61 Å². The fourth-order valence-corrected chi connectivity index (χ4v) is 1.25. The molecule has 1 rings (SSSR count). The van der Waals surface area contributed by atoms with Crippen molar-refractivity contribution in [3.63, 3.8) is 0 Å². The van der Waals surface area contributed by atoms with Gasteiger partial charge in [-0.2, -0.15) is 0 Å². The number of phenolic OH excluding ortho intramolecular Hbond substituents is 1. The largest absolute Gasteiger partial charge is 0.508 e. The van der Waals surface area contributed by atoms with Crippen molar-refractivity contribution in [2.75, 3.05) is 6.61 Å². The summed E-state index contributed by atoms with van der Waals surface area (Å²) < 4.78 is 0. The maximum absolute atomic E-state index is 9.47. The van der Waals surface area contributed by atoms with Crippen LogP contribution < -0.4 is 0 Å². The van der Waals surface area contributed by atoms with Gasteiger partial charge in [-0.25, -0.2) is 0 Å². The Balaban J connectivity index is 2.99. The summed E-state index contributed by atoms with van der Waals surface area (Å²) in [5.74, 6) is -0.172. The van der Waals surface area contributed by atoms with Gasteiger partial charge >= 0.3 is 0 Å². The van der Waals surface area contributed by atoms with Crippen LogP contribution in [0.3, 0.4) is 0 Å². The molecule has 0 aliphatic heterocycles. The second kappa shape index (κ2) is 4.61. The summed E-state index contributed by atoms with van der Waals surface area (Å²) in [5.41, 5.74) is 0.0963. The van der Waals surface area contributed by atoms with Gasteiger partial charge in [0.1, 0.15) is 18.0 Å². The first-order valence-electron chi connectivity index (χ1n) is 4.01. The smallest absolute Gasteiger partial charge is 0.121 e. The highest BCUT2D eigenvalue weighted by Crippen LogP contribution is 2.28. The van der Waals surface area contributed by atoms with Crippen LogP contribution in [0.2, 0.25) is 5.02 Å². The van der Waals surface area contributed by atoms with Crippen molar-refractivity contribution in [3.8, 4) is 5.75 Å². The van der Waals surface area contributed by atoms with Crippen LogP contribution in [0.1, 0.15) is 11.7 Å². The first-order valence-corrected chi connectivity index (χ1v) is 4.39. The lowest BCUT2D eigenvalue weighted by molar-refractivity contribution is -0.0162. The predicted molar refractivity (Wildman–Crippen MR) is 51.2 cm³/mol. The van der Waals surface area contributed by atoms with E-state index in [1.165, 1.54) is 18.2 Å². The molecule has 78 valence electrons. The highest BCUT2D eigenvalue weighted by molar-refractivity contribution is 6.30. The van der Waals surface area contributed by atoms with Crippen molar-refractivity contribution in [3.05, 3.63) is 28.8 Å². The second-order valence-electron chi connectivity index (χ2n) is 2.90. The van der Waals surface area contributed by atoms with Gasteiger partial charge in [-0.3, -0.25) is 0 Å². The summed E-state index contributed by atoms with van der Waals surface area (Å²) in [6.45, 7) is -0.590. The van der Waals surface area contributed by atoms with Crippen molar-refractivity contribution in [1.29, 1.82) is 0 Å². The number of hydrogen-bond acceptors (Lipinski definition) is 4. The van der Waals surface area contributed by atoms with E-state index in [0.29, 0.717) is 5.02 Å². The molecule has 5 heteroatoms. The molecule has 1 aromatic rings. The maximum Gasteiger partial charge on any atom is 0.121 e. The summed E-state index contributed by atoms with van der Waals surface area (Å²) in [4.78, 5) is 0. The van der Waals surface area contributed by atoms with Crippen molar-refractivity contribution in [2.45, 2.75) is 12.2 Å². The number of phenols is 1. The number of aromatic hydroxyl groups is 1. The molecule has 1 aromatic carbocycles. The average molecular weight is 219 g/mol. The van der Waals surface area contributed by atoms with E-state index in [-0.39, 0.29) is 11.3 Å². The molecule has 14 heavy (non-hydrogen) atoms. The number of aliphatic hydroxyl groups excluding tert-OH is 3. The predicted octanol–water partition coefficient (Wildman–Crippen LogP) is 0.432. The van der Waals surface area contributed by atoms with Crippen molar-refractivity contribution in [2.24, 2.45) is 0 Å². The summed E-state index contributed by atoms with van der Waals surface area (Å²) in [6, 6.07) is 4.10. The van der Waals surface area contributed by atoms with Gasteiger partial charge < -0.3 is 20.4 Å². The Morgan fingerprint density at radius 3 is 2.50 bits per heavy atom. The lowest BCUT2D eigenvalue weighted by Crippen LogP contribution is -2.22. The number of benzene rings is 1. The van der Waals surface area contributed by atoms with Crippen LogP contribution >= 0.6 is 11.6 Å². The topological polar surface area (TPSA) is 80.9 Å². The van der Waals surface area contributed by atoms with Gasteiger partial charge in [-0.05, 0) is 18.2 Å². The van der Waals surface area contributed by atoms with E-state index in [9.17, 15) is 10.2 Å². The highest BCUT2D eigenvalue weighted by Gasteiger charge is 2.20. The number of rotatable bonds is 3. The Morgan fingerprint density at radius 2 is 1.93 bits per heavy atom. The second-order valence-corrected chi connectivity index (χ2v) is 3.33. The molecule has 0 radical (unpaired) electrons. The van der Waals surface area contributed by atoms with Gasteiger partial charge in [0.15, 0.2) is 0 Å². The average Bonchev–Trinajstić information content (AvgIpc) is 2.19. The zero-order valence-electron chi connectivity index (χ0n) is 7.26. The minimum absolute atomic E-state index is 0.0963. The SMILES string of the molecule is OCC(O)C(O)c1cc(Cl)ccc1O. The molecule has 2 unspecified atom stereocenters. The Morgan fingerprint density at radius 1 is 1.29 bits per heavy atom.